The second-order valence-electron chi connectivity index (χ2n) is 5.12. The summed E-state index contributed by atoms with van der Waals surface area (Å²) in [6, 6.07) is 14.1. The molecular weight excluding hydrogens is 324 g/mol. The molecule has 2 aromatic rings. The van der Waals surface area contributed by atoms with Gasteiger partial charge in [-0.3, -0.25) is 4.79 Å². The average molecular weight is 342 g/mol. The number of benzene rings is 2. The van der Waals surface area contributed by atoms with E-state index in [-0.39, 0.29) is 6.61 Å². The van der Waals surface area contributed by atoms with Crippen molar-refractivity contribution in [3.8, 4) is 11.5 Å². The molecule has 25 heavy (non-hydrogen) atoms. The molecule has 2 N–H and O–H groups in total. The molecule has 7 nitrogen and oxygen atoms in total. The largest absolute Gasteiger partial charge is 0.484 e. The number of aliphatic carboxylic acids is 1. The first-order valence-corrected chi connectivity index (χ1v) is 7.49. The van der Waals surface area contributed by atoms with Gasteiger partial charge in [-0.05, 0) is 31.2 Å². The van der Waals surface area contributed by atoms with Crippen LogP contribution < -0.4 is 14.9 Å². The maximum atomic E-state index is 11.7. The molecule has 0 aromatic heterocycles. The van der Waals surface area contributed by atoms with Gasteiger partial charge in [0, 0.05) is 5.56 Å². The van der Waals surface area contributed by atoms with Gasteiger partial charge in [-0.1, -0.05) is 29.8 Å². The number of carbonyl (C=O) groups is 2. The van der Waals surface area contributed by atoms with Crippen LogP contribution in [0.2, 0.25) is 0 Å². The molecule has 0 atom stereocenters. The zero-order valence-electron chi connectivity index (χ0n) is 13.6. The quantitative estimate of drug-likeness (QED) is 0.565. The van der Waals surface area contributed by atoms with Crippen LogP contribution in [0.25, 0.3) is 0 Å². The molecule has 7 heteroatoms. The summed E-state index contributed by atoms with van der Waals surface area (Å²) in [5.74, 6) is -0.537. The van der Waals surface area contributed by atoms with Crippen molar-refractivity contribution in [3.05, 3.63) is 59.7 Å². The molecule has 2 rings (SSSR count). The summed E-state index contributed by atoms with van der Waals surface area (Å²) in [5.41, 5.74) is 3.99. The van der Waals surface area contributed by atoms with Crippen molar-refractivity contribution in [2.24, 2.45) is 5.10 Å². The van der Waals surface area contributed by atoms with Crippen LogP contribution in [-0.2, 0) is 9.59 Å². The first-order valence-electron chi connectivity index (χ1n) is 7.49. The third-order valence-corrected chi connectivity index (χ3v) is 3.05. The number of hydrazone groups is 1. The van der Waals surface area contributed by atoms with E-state index in [2.05, 4.69) is 10.5 Å². The Morgan fingerprint density at radius 3 is 2.52 bits per heavy atom. The summed E-state index contributed by atoms with van der Waals surface area (Å²) in [5, 5.41) is 12.5. The van der Waals surface area contributed by atoms with Gasteiger partial charge in [-0.25, -0.2) is 10.2 Å². The molecule has 0 bridgehead atoms. The predicted octanol–water partition coefficient (Wildman–Crippen LogP) is 1.99. The lowest BCUT2D eigenvalue weighted by Gasteiger charge is -2.07. The van der Waals surface area contributed by atoms with Gasteiger partial charge < -0.3 is 14.6 Å². The fourth-order valence-electron chi connectivity index (χ4n) is 1.85. The molecule has 130 valence electrons. The summed E-state index contributed by atoms with van der Waals surface area (Å²) in [4.78, 5) is 22.3. The molecule has 0 radical (unpaired) electrons. The summed E-state index contributed by atoms with van der Waals surface area (Å²) in [6.07, 6.45) is 1.38. The molecule has 2 aromatic carbocycles. The molecule has 0 aliphatic carbocycles. The van der Waals surface area contributed by atoms with Crippen LogP contribution in [0.1, 0.15) is 11.1 Å². The first-order chi connectivity index (χ1) is 12.0. The Kier molecular flexibility index (Phi) is 6.53. The highest BCUT2D eigenvalue weighted by molar-refractivity contribution is 5.85. The van der Waals surface area contributed by atoms with Crippen LogP contribution in [-0.4, -0.2) is 36.4 Å². The molecular formula is C18H18N2O5. The third-order valence-electron chi connectivity index (χ3n) is 3.05. The smallest absolute Gasteiger partial charge is 0.341 e. The highest BCUT2D eigenvalue weighted by Gasteiger charge is 2.04. The Labute approximate surface area is 144 Å². The SMILES string of the molecule is Cc1ccc(OCC(=O)N/N=C/c2ccccc2OCC(=O)O)cc1. The minimum absolute atomic E-state index is 0.169. The maximum absolute atomic E-state index is 11.7. The lowest BCUT2D eigenvalue weighted by Crippen LogP contribution is -2.24. The van der Waals surface area contributed by atoms with E-state index in [9.17, 15) is 9.59 Å². The number of hydrogen-bond donors (Lipinski definition) is 2. The van der Waals surface area contributed by atoms with Gasteiger partial charge in [0.15, 0.2) is 13.2 Å². The zero-order chi connectivity index (χ0) is 18.1. The first kappa shape index (κ1) is 18.0. The molecule has 0 aliphatic heterocycles. The second kappa shape index (κ2) is 9.07. The Balaban J connectivity index is 1.84. The van der Waals surface area contributed by atoms with Crippen LogP contribution in [0.3, 0.4) is 0 Å². The van der Waals surface area contributed by atoms with E-state index in [1.165, 1.54) is 6.21 Å². The Hall–Kier alpha value is -3.35. The number of amides is 1. The molecule has 0 heterocycles. The average Bonchev–Trinajstić information content (AvgIpc) is 2.60. The topological polar surface area (TPSA) is 97.2 Å². The van der Waals surface area contributed by atoms with Crippen LogP contribution in [0.4, 0.5) is 0 Å². The standard InChI is InChI=1S/C18H18N2O5/c1-13-6-8-15(9-7-13)24-11-17(21)20-19-10-14-4-2-3-5-16(14)25-12-18(22)23/h2-10H,11-12H2,1H3,(H,20,21)(H,22,23)/b19-10+. The zero-order valence-corrected chi connectivity index (χ0v) is 13.6. The monoisotopic (exact) mass is 342 g/mol. The fraction of sp³-hybridized carbons (Fsp3) is 0.167. The predicted molar refractivity (Wildman–Crippen MR) is 92.0 cm³/mol. The summed E-state index contributed by atoms with van der Waals surface area (Å²) in [6.45, 7) is 1.34. The number of aryl methyl sites for hydroxylation is 1. The number of hydrogen-bond acceptors (Lipinski definition) is 5. The number of carbonyl (C=O) groups excluding carboxylic acids is 1. The molecule has 1 amide bonds. The van der Waals surface area contributed by atoms with Crippen LogP contribution >= 0.6 is 0 Å². The minimum Gasteiger partial charge on any atom is -0.484 e. The highest BCUT2D eigenvalue weighted by Crippen LogP contribution is 2.15. The number of carboxylic acid groups (broad SMARTS) is 1. The van der Waals surface area contributed by atoms with Gasteiger partial charge in [0.2, 0.25) is 0 Å². The molecule has 0 saturated carbocycles. The van der Waals surface area contributed by atoms with Crippen LogP contribution in [0, 0.1) is 6.92 Å². The number of nitrogens with one attached hydrogen (secondary N) is 1. The van der Waals surface area contributed by atoms with E-state index in [0.717, 1.165) is 5.56 Å². The lowest BCUT2D eigenvalue weighted by molar-refractivity contribution is -0.139. The molecule has 0 aliphatic rings. The van der Waals surface area contributed by atoms with E-state index >= 15 is 0 Å². The number of nitrogens with zero attached hydrogens (tertiary/aromatic N) is 1. The van der Waals surface area contributed by atoms with Crippen molar-refractivity contribution in [1.82, 2.24) is 5.43 Å². The van der Waals surface area contributed by atoms with Gasteiger partial charge in [0.1, 0.15) is 11.5 Å². The normalized spacial score (nSPS) is 10.4. The van der Waals surface area contributed by atoms with Crippen molar-refractivity contribution in [3.63, 3.8) is 0 Å². The molecule has 0 spiro atoms. The molecule has 0 saturated heterocycles. The maximum Gasteiger partial charge on any atom is 0.341 e. The lowest BCUT2D eigenvalue weighted by atomic mass is 10.2. The number of rotatable bonds is 8. The van der Waals surface area contributed by atoms with E-state index in [1.54, 1.807) is 36.4 Å². The number of carboxylic acids is 1. The van der Waals surface area contributed by atoms with E-state index in [0.29, 0.717) is 17.1 Å². The summed E-state index contributed by atoms with van der Waals surface area (Å²) >= 11 is 0. The molecule has 0 unspecified atom stereocenters. The van der Waals surface area contributed by atoms with Crippen LogP contribution in [0.15, 0.2) is 53.6 Å². The van der Waals surface area contributed by atoms with Gasteiger partial charge in [-0.15, -0.1) is 0 Å². The van der Waals surface area contributed by atoms with Gasteiger partial charge in [0.25, 0.3) is 5.91 Å². The van der Waals surface area contributed by atoms with Crippen molar-refractivity contribution >= 4 is 18.1 Å². The number of ether oxygens (including phenoxy) is 2. The van der Waals surface area contributed by atoms with Gasteiger partial charge in [-0.2, -0.15) is 5.10 Å². The van der Waals surface area contributed by atoms with Gasteiger partial charge in [0.05, 0.1) is 6.21 Å². The third kappa shape index (κ3) is 6.34. The van der Waals surface area contributed by atoms with E-state index < -0.39 is 18.5 Å². The van der Waals surface area contributed by atoms with E-state index in [4.69, 9.17) is 14.6 Å². The summed E-state index contributed by atoms with van der Waals surface area (Å²) < 4.78 is 10.5. The minimum atomic E-state index is -1.08. The second-order valence-corrected chi connectivity index (χ2v) is 5.12. The van der Waals surface area contributed by atoms with Crippen molar-refractivity contribution in [2.45, 2.75) is 6.92 Å². The van der Waals surface area contributed by atoms with Gasteiger partial charge >= 0.3 is 5.97 Å². The number of para-hydroxylation sites is 1. The van der Waals surface area contributed by atoms with Crippen molar-refractivity contribution in [1.29, 1.82) is 0 Å². The Bertz CT molecular complexity index is 756. The van der Waals surface area contributed by atoms with Crippen LogP contribution in [0.5, 0.6) is 11.5 Å². The van der Waals surface area contributed by atoms with Crippen molar-refractivity contribution in [2.75, 3.05) is 13.2 Å². The Morgan fingerprint density at radius 1 is 1.08 bits per heavy atom. The molecule has 0 fully saturated rings. The summed E-state index contributed by atoms with van der Waals surface area (Å²) in [7, 11) is 0. The highest BCUT2D eigenvalue weighted by atomic mass is 16.5. The fourth-order valence-corrected chi connectivity index (χ4v) is 1.85. The van der Waals surface area contributed by atoms with E-state index in [1.807, 2.05) is 19.1 Å². The Morgan fingerprint density at radius 2 is 1.80 bits per heavy atom. The van der Waals surface area contributed by atoms with Crippen molar-refractivity contribution < 1.29 is 24.2 Å².